The molecule has 2 unspecified atom stereocenters. The summed E-state index contributed by atoms with van der Waals surface area (Å²) in [4.78, 5) is 23.6. The molecule has 1 aliphatic rings. The van der Waals surface area contributed by atoms with E-state index >= 15 is 0 Å². The fourth-order valence-corrected chi connectivity index (χ4v) is 3.41. The molecule has 0 bridgehead atoms. The first-order valence-corrected chi connectivity index (χ1v) is 8.93. The molecule has 0 spiro atoms. The Labute approximate surface area is 172 Å². The quantitative estimate of drug-likeness (QED) is 0.773. The molecule has 1 fully saturated rings. The Hall–Kier alpha value is -1.57. The van der Waals surface area contributed by atoms with E-state index in [2.05, 4.69) is 5.32 Å². The highest BCUT2D eigenvalue weighted by Gasteiger charge is 2.27. The van der Waals surface area contributed by atoms with Gasteiger partial charge in [0.2, 0.25) is 0 Å². The number of carbonyl (C=O) groups is 1. The van der Waals surface area contributed by atoms with Gasteiger partial charge in [0, 0.05) is 31.7 Å². The number of nitrogens with zero attached hydrogens (tertiary/aromatic N) is 1. The van der Waals surface area contributed by atoms with Crippen LogP contribution in [0.3, 0.4) is 0 Å². The van der Waals surface area contributed by atoms with Crippen LogP contribution in [0.5, 0.6) is 0 Å². The molecule has 0 saturated carbocycles. The van der Waals surface area contributed by atoms with Crippen molar-refractivity contribution < 1.29 is 14.6 Å². The molecule has 146 valence electrons. The second kappa shape index (κ2) is 9.57. The first-order chi connectivity index (χ1) is 12.5. The van der Waals surface area contributed by atoms with Gasteiger partial charge in [-0.1, -0.05) is 29.3 Å². The van der Waals surface area contributed by atoms with Crippen LogP contribution in [0.2, 0.25) is 10.0 Å². The highest BCUT2D eigenvalue weighted by atomic mass is 35.5. The third-order valence-electron chi connectivity index (χ3n) is 4.36. The van der Waals surface area contributed by atoms with Crippen LogP contribution < -0.4 is 10.9 Å². The molecule has 27 heavy (non-hydrogen) atoms. The number of nitrogens with one attached hydrogen (secondary N) is 1. The summed E-state index contributed by atoms with van der Waals surface area (Å²) in [5, 5.41) is 13.3. The molecule has 1 aliphatic heterocycles. The SMILES string of the molecule is Cl.O=C(O)c1cccn(CC2CNCCOC2c2ccc(Cl)c(Cl)c2)c1=O. The van der Waals surface area contributed by atoms with Crippen molar-refractivity contribution in [2.24, 2.45) is 5.92 Å². The van der Waals surface area contributed by atoms with Gasteiger partial charge in [0.15, 0.2) is 0 Å². The van der Waals surface area contributed by atoms with Crippen molar-refractivity contribution in [1.82, 2.24) is 9.88 Å². The summed E-state index contributed by atoms with van der Waals surface area (Å²) in [7, 11) is 0. The van der Waals surface area contributed by atoms with Gasteiger partial charge >= 0.3 is 5.97 Å². The molecule has 9 heteroatoms. The second-order valence-electron chi connectivity index (χ2n) is 6.11. The molecule has 0 radical (unpaired) electrons. The van der Waals surface area contributed by atoms with Gasteiger partial charge in [0.25, 0.3) is 5.56 Å². The van der Waals surface area contributed by atoms with Crippen LogP contribution in [0, 0.1) is 5.92 Å². The van der Waals surface area contributed by atoms with Crippen molar-refractivity contribution in [3.8, 4) is 0 Å². The van der Waals surface area contributed by atoms with E-state index in [0.29, 0.717) is 36.3 Å². The van der Waals surface area contributed by atoms with Crippen molar-refractivity contribution >= 4 is 41.6 Å². The molecule has 1 aromatic carbocycles. The van der Waals surface area contributed by atoms with E-state index in [1.54, 1.807) is 24.4 Å². The normalized spacial score (nSPS) is 19.8. The lowest BCUT2D eigenvalue weighted by atomic mass is 9.95. The van der Waals surface area contributed by atoms with E-state index in [4.69, 9.17) is 33.0 Å². The number of ether oxygens (including phenoxy) is 1. The maximum atomic E-state index is 12.4. The first kappa shape index (κ1) is 21.7. The average molecular weight is 434 g/mol. The summed E-state index contributed by atoms with van der Waals surface area (Å²) in [6.45, 7) is 2.15. The number of halogens is 3. The van der Waals surface area contributed by atoms with Gasteiger partial charge in [-0.2, -0.15) is 0 Å². The molecule has 2 N–H and O–H groups in total. The Bertz CT molecular complexity index is 872. The highest BCUT2D eigenvalue weighted by Crippen LogP contribution is 2.32. The van der Waals surface area contributed by atoms with E-state index in [9.17, 15) is 9.59 Å². The van der Waals surface area contributed by atoms with Gasteiger partial charge in [-0.05, 0) is 29.8 Å². The smallest absolute Gasteiger partial charge is 0.341 e. The van der Waals surface area contributed by atoms with Crippen molar-refractivity contribution in [3.63, 3.8) is 0 Å². The van der Waals surface area contributed by atoms with Crippen LogP contribution >= 0.6 is 35.6 Å². The van der Waals surface area contributed by atoms with Crippen molar-refractivity contribution in [1.29, 1.82) is 0 Å². The lowest BCUT2D eigenvalue weighted by Gasteiger charge is -2.26. The molecular weight excluding hydrogens is 415 g/mol. The van der Waals surface area contributed by atoms with Crippen LogP contribution in [0.1, 0.15) is 22.0 Å². The Morgan fingerprint density at radius 3 is 2.78 bits per heavy atom. The third-order valence-corrected chi connectivity index (χ3v) is 5.10. The number of rotatable bonds is 4. The monoisotopic (exact) mass is 432 g/mol. The molecule has 2 atom stereocenters. The van der Waals surface area contributed by atoms with Crippen LogP contribution in [-0.4, -0.2) is 35.3 Å². The molecule has 0 amide bonds. The number of aromatic carboxylic acids is 1. The minimum absolute atomic E-state index is 0. The van der Waals surface area contributed by atoms with E-state index in [0.717, 1.165) is 5.56 Å². The number of benzene rings is 1. The lowest BCUT2D eigenvalue weighted by Crippen LogP contribution is -2.33. The zero-order valence-electron chi connectivity index (χ0n) is 14.2. The topological polar surface area (TPSA) is 80.6 Å². The summed E-state index contributed by atoms with van der Waals surface area (Å²) in [6, 6.07) is 8.20. The molecule has 3 rings (SSSR count). The van der Waals surface area contributed by atoms with E-state index < -0.39 is 11.5 Å². The van der Waals surface area contributed by atoms with Crippen molar-refractivity contribution in [2.45, 2.75) is 12.6 Å². The highest BCUT2D eigenvalue weighted by molar-refractivity contribution is 6.42. The maximum absolute atomic E-state index is 12.4. The van der Waals surface area contributed by atoms with Crippen LogP contribution in [0.25, 0.3) is 0 Å². The summed E-state index contributed by atoms with van der Waals surface area (Å²) in [5.41, 5.74) is 0.0914. The van der Waals surface area contributed by atoms with E-state index in [1.165, 1.54) is 10.6 Å². The summed E-state index contributed by atoms with van der Waals surface area (Å²) >= 11 is 12.1. The predicted molar refractivity (Wildman–Crippen MR) is 106 cm³/mol. The van der Waals surface area contributed by atoms with Gasteiger partial charge < -0.3 is 19.7 Å². The molecule has 2 aromatic rings. The Morgan fingerprint density at radius 1 is 1.30 bits per heavy atom. The number of carboxylic acids is 1. The molecule has 6 nitrogen and oxygen atoms in total. The number of hydrogen-bond acceptors (Lipinski definition) is 4. The second-order valence-corrected chi connectivity index (χ2v) is 6.93. The molecular formula is C18H19Cl3N2O4. The van der Waals surface area contributed by atoms with Crippen LogP contribution in [0.15, 0.2) is 41.3 Å². The van der Waals surface area contributed by atoms with Crippen LogP contribution in [0.4, 0.5) is 0 Å². The van der Waals surface area contributed by atoms with Crippen LogP contribution in [-0.2, 0) is 11.3 Å². The number of hydrogen-bond donors (Lipinski definition) is 2. The third kappa shape index (κ3) is 5.03. The van der Waals surface area contributed by atoms with E-state index in [-0.39, 0.29) is 30.0 Å². The lowest BCUT2D eigenvalue weighted by molar-refractivity contribution is 0.0250. The molecule has 1 aromatic heterocycles. The van der Waals surface area contributed by atoms with Crippen molar-refractivity contribution in [2.75, 3.05) is 19.7 Å². The first-order valence-electron chi connectivity index (χ1n) is 8.17. The minimum Gasteiger partial charge on any atom is -0.477 e. The molecule has 0 aliphatic carbocycles. The van der Waals surface area contributed by atoms with Gasteiger partial charge in [-0.25, -0.2) is 4.79 Å². The zero-order valence-corrected chi connectivity index (χ0v) is 16.6. The summed E-state index contributed by atoms with van der Waals surface area (Å²) in [5.74, 6) is -1.32. The standard InChI is InChI=1S/C18H18Cl2N2O4.ClH/c19-14-4-3-11(8-15(14)20)16-12(9-21-5-7-26-16)10-22-6-1-2-13(17(22)23)18(24)25;/h1-4,6,8,12,16,21H,5,7,9-10H2,(H,24,25);1H. The number of carboxylic acid groups (broad SMARTS) is 1. The Morgan fingerprint density at radius 2 is 2.07 bits per heavy atom. The fourth-order valence-electron chi connectivity index (χ4n) is 3.10. The van der Waals surface area contributed by atoms with Crippen molar-refractivity contribution in [3.05, 3.63) is 68.1 Å². The Balaban J connectivity index is 0.00000261. The van der Waals surface area contributed by atoms with Gasteiger partial charge in [-0.15, -0.1) is 12.4 Å². The number of aromatic nitrogens is 1. The zero-order chi connectivity index (χ0) is 18.7. The van der Waals surface area contributed by atoms with Gasteiger partial charge in [-0.3, -0.25) is 4.79 Å². The molecule has 2 heterocycles. The Kier molecular flexibility index (Phi) is 7.70. The summed E-state index contributed by atoms with van der Waals surface area (Å²) < 4.78 is 7.40. The van der Waals surface area contributed by atoms with Gasteiger partial charge in [0.05, 0.1) is 22.8 Å². The number of pyridine rings is 1. The minimum atomic E-state index is -1.24. The fraction of sp³-hybridized carbons (Fsp3) is 0.333. The van der Waals surface area contributed by atoms with E-state index in [1.807, 2.05) is 6.07 Å². The summed E-state index contributed by atoms with van der Waals surface area (Å²) in [6.07, 6.45) is 1.30. The average Bonchev–Trinajstić information content (AvgIpc) is 2.84. The largest absolute Gasteiger partial charge is 0.477 e. The molecule has 1 saturated heterocycles. The maximum Gasteiger partial charge on any atom is 0.341 e. The van der Waals surface area contributed by atoms with Gasteiger partial charge in [0.1, 0.15) is 5.56 Å². The predicted octanol–water partition coefficient (Wildman–Crippen LogP) is 3.25.